The van der Waals surface area contributed by atoms with E-state index < -0.39 is 6.04 Å². The van der Waals surface area contributed by atoms with E-state index in [9.17, 15) is 9.59 Å². The highest BCUT2D eigenvalue weighted by Crippen LogP contribution is 2.22. The number of thioether (sulfide) groups is 1. The van der Waals surface area contributed by atoms with Crippen molar-refractivity contribution >= 4 is 23.6 Å². The van der Waals surface area contributed by atoms with Gasteiger partial charge in [-0.25, -0.2) is 0 Å². The van der Waals surface area contributed by atoms with Gasteiger partial charge < -0.3 is 10.2 Å². The summed E-state index contributed by atoms with van der Waals surface area (Å²) in [5.41, 5.74) is 2.28. The number of rotatable bonds is 10. The lowest BCUT2D eigenvalue weighted by molar-refractivity contribution is -0.141. The van der Waals surface area contributed by atoms with Crippen LogP contribution in [0.5, 0.6) is 0 Å². The third-order valence-electron chi connectivity index (χ3n) is 5.89. The van der Waals surface area contributed by atoms with Gasteiger partial charge in [-0.3, -0.25) is 9.59 Å². The minimum absolute atomic E-state index is 0.00938. The molecule has 1 aliphatic rings. The molecule has 0 aliphatic heterocycles. The number of nitrogens with one attached hydrogen (secondary N) is 1. The molecule has 166 valence electrons. The molecule has 1 N–H and O–H groups in total. The number of carbonyl (C=O) groups is 2. The minimum Gasteiger partial charge on any atom is -0.352 e. The van der Waals surface area contributed by atoms with E-state index in [1.54, 1.807) is 16.7 Å². The third-order valence-corrected chi connectivity index (χ3v) is 6.90. The summed E-state index contributed by atoms with van der Waals surface area (Å²) in [6, 6.07) is 18.1. The Morgan fingerprint density at radius 3 is 2.39 bits per heavy atom. The van der Waals surface area contributed by atoms with Gasteiger partial charge in [0.05, 0.1) is 0 Å². The molecule has 1 saturated carbocycles. The van der Waals surface area contributed by atoms with Crippen molar-refractivity contribution in [1.29, 1.82) is 0 Å². The number of aryl methyl sites for hydroxylation is 1. The first-order chi connectivity index (χ1) is 15.1. The Balaban J connectivity index is 1.66. The molecule has 0 saturated heterocycles. The largest absolute Gasteiger partial charge is 0.352 e. The van der Waals surface area contributed by atoms with Crippen LogP contribution in [0, 0.1) is 6.92 Å². The van der Waals surface area contributed by atoms with Crippen molar-refractivity contribution in [1.82, 2.24) is 10.2 Å². The predicted molar refractivity (Wildman–Crippen MR) is 128 cm³/mol. The quantitative estimate of drug-likeness (QED) is 0.509. The lowest BCUT2D eigenvalue weighted by atomic mass is 10.1. The Bertz CT molecular complexity index is 832. The van der Waals surface area contributed by atoms with Crippen LogP contribution in [0.15, 0.2) is 59.5 Å². The first kappa shape index (κ1) is 23.4. The predicted octanol–water partition coefficient (Wildman–Crippen LogP) is 5.34. The van der Waals surface area contributed by atoms with Crippen LogP contribution in [0.3, 0.4) is 0 Å². The molecule has 4 nitrogen and oxygen atoms in total. The monoisotopic (exact) mass is 438 g/mol. The van der Waals surface area contributed by atoms with Gasteiger partial charge >= 0.3 is 0 Å². The summed E-state index contributed by atoms with van der Waals surface area (Å²) >= 11 is 1.69. The number of amides is 2. The van der Waals surface area contributed by atoms with Crippen molar-refractivity contribution in [2.75, 3.05) is 5.75 Å². The maximum absolute atomic E-state index is 13.3. The molecule has 0 spiro atoms. The number of carbonyl (C=O) groups excluding carboxylic acids is 2. The zero-order valence-electron chi connectivity index (χ0n) is 18.7. The third kappa shape index (κ3) is 7.13. The molecule has 0 unspecified atom stereocenters. The van der Waals surface area contributed by atoms with Crippen LogP contribution in [-0.2, 0) is 16.1 Å². The molecule has 2 amide bonds. The van der Waals surface area contributed by atoms with Crippen LogP contribution in [0.2, 0.25) is 0 Å². The van der Waals surface area contributed by atoms with Crippen LogP contribution >= 0.6 is 11.8 Å². The van der Waals surface area contributed by atoms with Crippen molar-refractivity contribution in [2.45, 2.75) is 75.9 Å². The maximum atomic E-state index is 13.3. The van der Waals surface area contributed by atoms with Gasteiger partial charge in [0.2, 0.25) is 11.8 Å². The molecule has 1 fully saturated rings. The molecule has 1 atom stereocenters. The fourth-order valence-electron chi connectivity index (χ4n) is 4.10. The van der Waals surface area contributed by atoms with Crippen LogP contribution in [-0.4, -0.2) is 34.6 Å². The molecule has 0 bridgehead atoms. The molecule has 0 radical (unpaired) electrons. The Labute approximate surface area is 190 Å². The molecule has 3 rings (SSSR count). The SMILES string of the molecule is CC[C@H](C(=O)NC1CCCC1)N(Cc1ccccc1)C(=O)CCSc1ccc(C)cc1. The van der Waals surface area contributed by atoms with Crippen LogP contribution in [0.4, 0.5) is 0 Å². The van der Waals surface area contributed by atoms with E-state index in [4.69, 9.17) is 0 Å². The fourth-order valence-corrected chi connectivity index (χ4v) is 4.94. The highest BCUT2D eigenvalue weighted by Gasteiger charge is 2.30. The Kier molecular flexibility index (Phi) is 9.01. The molecule has 5 heteroatoms. The van der Waals surface area contributed by atoms with Gasteiger partial charge in [0.25, 0.3) is 0 Å². The summed E-state index contributed by atoms with van der Waals surface area (Å²) < 4.78 is 0. The molecule has 31 heavy (non-hydrogen) atoms. The standard InChI is InChI=1S/C26H34N2O2S/c1-3-24(26(30)27-22-11-7-8-12-22)28(19-21-9-5-4-6-10-21)25(29)17-18-31-23-15-13-20(2)14-16-23/h4-6,9-10,13-16,22,24H,3,7-8,11-12,17-19H2,1-2H3,(H,27,30)/t24-/m1/s1. The van der Waals surface area contributed by atoms with E-state index in [0.29, 0.717) is 25.1 Å². The first-order valence-electron chi connectivity index (χ1n) is 11.4. The number of nitrogens with zero attached hydrogens (tertiary/aromatic N) is 1. The van der Waals surface area contributed by atoms with Crippen molar-refractivity contribution in [3.63, 3.8) is 0 Å². The van der Waals surface area contributed by atoms with Gasteiger partial charge in [0, 0.05) is 29.7 Å². The van der Waals surface area contributed by atoms with Crippen LogP contribution in [0.1, 0.15) is 56.6 Å². The van der Waals surface area contributed by atoms with Gasteiger partial charge in [-0.1, -0.05) is 67.8 Å². The second-order valence-corrected chi connectivity index (χ2v) is 9.50. The zero-order valence-corrected chi connectivity index (χ0v) is 19.5. The van der Waals surface area contributed by atoms with Gasteiger partial charge in [0.15, 0.2) is 0 Å². The van der Waals surface area contributed by atoms with E-state index in [-0.39, 0.29) is 17.9 Å². The van der Waals surface area contributed by atoms with Gasteiger partial charge in [-0.05, 0) is 43.9 Å². The molecule has 0 heterocycles. The Hall–Kier alpha value is -2.27. The highest BCUT2D eigenvalue weighted by atomic mass is 32.2. The summed E-state index contributed by atoms with van der Waals surface area (Å²) in [7, 11) is 0. The summed E-state index contributed by atoms with van der Waals surface area (Å²) in [6.45, 7) is 4.53. The topological polar surface area (TPSA) is 49.4 Å². The molecular formula is C26H34N2O2S. The number of hydrogen-bond acceptors (Lipinski definition) is 3. The van der Waals surface area contributed by atoms with Gasteiger partial charge in [-0.2, -0.15) is 0 Å². The average Bonchev–Trinajstić information content (AvgIpc) is 3.28. The second-order valence-electron chi connectivity index (χ2n) is 8.33. The maximum Gasteiger partial charge on any atom is 0.243 e. The van der Waals surface area contributed by atoms with E-state index in [2.05, 4.69) is 36.5 Å². The lowest BCUT2D eigenvalue weighted by Gasteiger charge is -2.31. The number of hydrogen-bond donors (Lipinski definition) is 1. The van der Waals surface area contributed by atoms with E-state index >= 15 is 0 Å². The number of benzene rings is 2. The average molecular weight is 439 g/mol. The van der Waals surface area contributed by atoms with E-state index in [0.717, 1.165) is 18.4 Å². The Morgan fingerprint density at radius 2 is 1.74 bits per heavy atom. The highest BCUT2D eigenvalue weighted by molar-refractivity contribution is 7.99. The van der Waals surface area contributed by atoms with Crippen molar-refractivity contribution < 1.29 is 9.59 Å². The normalized spacial score (nSPS) is 14.9. The summed E-state index contributed by atoms with van der Waals surface area (Å²) in [4.78, 5) is 29.3. The van der Waals surface area contributed by atoms with E-state index in [1.807, 2.05) is 37.3 Å². The van der Waals surface area contributed by atoms with Crippen LogP contribution in [0.25, 0.3) is 0 Å². The Morgan fingerprint density at radius 1 is 1.06 bits per heavy atom. The van der Waals surface area contributed by atoms with Crippen molar-refractivity contribution in [3.05, 3.63) is 65.7 Å². The molecule has 1 aliphatic carbocycles. The van der Waals surface area contributed by atoms with Crippen molar-refractivity contribution in [3.8, 4) is 0 Å². The van der Waals surface area contributed by atoms with Crippen molar-refractivity contribution in [2.24, 2.45) is 0 Å². The zero-order chi connectivity index (χ0) is 22.1. The van der Waals surface area contributed by atoms with Crippen LogP contribution < -0.4 is 5.32 Å². The summed E-state index contributed by atoms with van der Waals surface area (Å²) in [6.07, 6.45) is 5.46. The molecular weight excluding hydrogens is 404 g/mol. The van der Waals surface area contributed by atoms with Gasteiger partial charge in [-0.15, -0.1) is 11.8 Å². The summed E-state index contributed by atoms with van der Waals surface area (Å²) in [5.74, 6) is 0.732. The first-order valence-corrected chi connectivity index (χ1v) is 12.4. The smallest absolute Gasteiger partial charge is 0.243 e. The minimum atomic E-state index is -0.433. The second kappa shape index (κ2) is 11.9. The fraction of sp³-hybridized carbons (Fsp3) is 0.462. The summed E-state index contributed by atoms with van der Waals surface area (Å²) in [5, 5.41) is 3.20. The molecule has 2 aromatic rings. The molecule has 2 aromatic carbocycles. The molecule has 0 aromatic heterocycles. The van der Waals surface area contributed by atoms with E-state index in [1.165, 1.54) is 23.3 Å². The lowest BCUT2D eigenvalue weighted by Crippen LogP contribution is -2.51. The van der Waals surface area contributed by atoms with Gasteiger partial charge in [0.1, 0.15) is 6.04 Å².